The molecule has 0 bridgehead atoms. The maximum Gasteiger partial charge on any atom is 0.164 e. The van der Waals surface area contributed by atoms with Gasteiger partial charge < -0.3 is 15.1 Å². The van der Waals surface area contributed by atoms with E-state index in [0.29, 0.717) is 30.5 Å². The van der Waals surface area contributed by atoms with Crippen molar-refractivity contribution in [1.82, 2.24) is 14.8 Å². The Morgan fingerprint density at radius 2 is 1.62 bits per heavy atom. The molecule has 3 aliphatic rings. The lowest BCUT2D eigenvalue weighted by Gasteiger charge is -2.39. The van der Waals surface area contributed by atoms with Gasteiger partial charge >= 0.3 is 0 Å². The largest absolute Gasteiger partial charge is 0.367 e. The molecule has 2 aliphatic carbocycles. The van der Waals surface area contributed by atoms with Gasteiger partial charge in [-0.05, 0) is 105 Å². The second-order valence-electron chi connectivity index (χ2n) is 13.5. The number of fused-ring (bicyclic) bond motifs is 1. The van der Waals surface area contributed by atoms with Crippen LogP contribution in [0.15, 0.2) is 66.9 Å². The van der Waals surface area contributed by atoms with Gasteiger partial charge in [-0.25, -0.2) is 0 Å². The molecule has 5 heteroatoms. The highest BCUT2D eigenvalue weighted by Gasteiger charge is 2.41. The smallest absolute Gasteiger partial charge is 0.164 e. The van der Waals surface area contributed by atoms with Gasteiger partial charge in [-0.3, -0.25) is 9.88 Å². The number of benzene rings is 2. The number of likely N-dealkylation sites (tertiary alicyclic amines) is 1. The fraction of sp³-hybridized carbons (Fsp3) is 0.595. The van der Waals surface area contributed by atoms with Crippen LogP contribution in [0.25, 0.3) is 10.9 Å². The molecule has 1 unspecified atom stereocenters. The molecule has 3 atom stereocenters. The van der Waals surface area contributed by atoms with Gasteiger partial charge in [0, 0.05) is 36.8 Å². The van der Waals surface area contributed by atoms with E-state index in [9.17, 15) is 10.2 Å². The minimum absolute atomic E-state index is 0.393. The molecular formula is C37H51N3O2. The first-order valence-corrected chi connectivity index (χ1v) is 16.8. The molecule has 2 N–H and O–H groups in total. The van der Waals surface area contributed by atoms with Crippen molar-refractivity contribution in [3.05, 3.63) is 78.0 Å². The van der Waals surface area contributed by atoms with Crippen LogP contribution < -0.4 is 0 Å². The zero-order chi connectivity index (χ0) is 28.7. The number of aryl methyl sites for hydroxylation is 1. The lowest BCUT2D eigenvalue weighted by atomic mass is 9.87. The van der Waals surface area contributed by atoms with Crippen LogP contribution in [-0.2, 0) is 6.42 Å². The van der Waals surface area contributed by atoms with Gasteiger partial charge in [0.2, 0.25) is 0 Å². The number of para-hydroxylation sites is 1. The highest BCUT2D eigenvalue weighted by Crippen LogP contribution is 2.44. The maximum absolute atomic E-state index is 10.0. The molecule has 0 amide bonds. The van der Waals surface area contributed by atoms with Crippen LogP contribution in [0.4, 0.5) is 0 Å². The third-order valence-electron chi connectivity index (χ3n) is 10.7. The lowest BCUT2D eigenvalue weighted by molar-refractivity contribution is -0.0798. The van der Waals surface area contributed by atoms with Crippen LogP contribution in [0.5, 0.6) is 0 Å². The van der Waals surface area contributed by atoms with E-state index in [-0.39, 0.29) is 0 Å². The van der Waals surface area contributed by atoms with Gasteiger partial charge in [-0.2, -0.15) is 0 Å². The van der Waals surface area contributed by atoms with Gasteiger partial charge in [0.05, 0.1) is 5.52 Å². The van der Waals surface area contributed by atoms with Gasteiger partial charge in [0.1, 0.15) is 0 Å². The number of aliphatic hydroxyl groups excluding tert-OH is 1. The summed E-state index contributed by atoms with van der Waals surface area (Å²) in [6.07, 6.45) is 15.7. The third kappa shape index (κ3) is 7.60. The quantitative estimate of drug-likeness (QED) is 0.249. The molecule has 5 nitrogen and oxygen atoms in total. The number of aliphatic hydroxyl groups is 2. The second-order valence-corrected chi connectivity index (χ2v) is 13.5. The summed E-state index contributed by atoms with van der Waals surface area (Å²) in [6.45, 7) is 4.00. The molecule has 1 saturated heterocycles. The summed E-state index contributed by atoms with van der Waals surface area (Å²) in [6, 6.07) is 22.8. The zero-order valence-electron chi connectivity index (χ0n) is 25.4. The molecule has 3 aromatic rings. The van der Waals surface area contributed by atoms with Gasteiger partial charge in [-0.15, -0.1) is 0 Å². The Morgan fingerprint density at radius 3 is 2.40 bits per heavy atom. The molecule has 0 spiro atoms. The number of hydrogen-bond acceptors (Lipinski definition) is 5. The minimum Gasteiger partial charge on any atom is -0.367 e. The predicted octanol–water partition coefficient (Wildman–Crippen LogP) is 6.78. The van der Waals surface area contributed by atoms with Gasteiger partial charge in [0.25, 0.3) is 0 Å². The van der Waals surface area contributed by atoms with Crippen molar-refractivity contribution in [2.75, 3.05) is 26.2 Å². The van der Waals surface area contributed by atoms with Crippen LogP contribution in [0.1, 0.15) is 87.7 Å². The molecule has 0 radical (unpaired) electrons. The van der Waals surface area contributed by atoms with E-state index >= 15 is 0 Å². The van der Waals surface area contributed by atoms with Crippen molar-refractivity contribution in [3.63, 3.8) is 0 Å². The third-order valence-corrected chi connectivity index (χ3v) is 10.7. The molecular weight excluding hydrogens is 518 g/mol. The molecule has 2 aromatic carbocycles. The maximum atomic E-state index is 10.0. The first-order chi connectivity index (χ1) is 20.6. The standard InChI is InChI=1S/C37H51N3O2/c41-37(42)27-40(33-15-5-2-6-16-33)34-23-32(35(24-34)30-12-3-1-4-13-30)26-39-20-18-28(19-21-39)10-9-11-29-22-31-14-7-8-17-36(31)38-25-29/h1,3-4,7-8,12-14,17,22,25,28,32-35,37,41-42H,2,5-6,9-11,15-16,18-21,23-24,26-27H2/t32-,34?,35-/m1/s1. The summed E-state index contributed by atoms with van der Waals surface area (Å²) in [7, 11) is 0. The van der Waals surface area contributed by atoms with E-state index in [1.807, 2.05) is 0 Å². The molecule has 42 heavy (non-hydrogen) atoms. The van der Waals surface area contributed by atoms with E-state index in [4.69, 9.17) is 0 Å². The van der Waals surface area contributed by atoms with Crippen LogP contribution in [0.2, 0.25) is 0 Å². The van der Waals surface area contributed by atoms with E-state index in [0.717, 1.165) is 24.3 Å². The first-order valence-electron chi connectivity index (χ1n) is 16.8. The minimum atomic E-state index is -1.25. The second kappa shape index (κ2) is 14.4. The average molecular weight is 570 g/mol. The number of pyridine rings is 1. The van der Waals surface area contributed by atoms with E-state index in [2.05, 4.69) is 81.6 Å². The van der Waals surface area contributed by atoms with Crippen molar-refractivity contribution in [2.24, 2.45) is 11.8 Å². The summed E-state index contributed by atoms with van der Waals surface area (Å²) in [5, 5.41) is 21.3. The first kappa shape index (κ1) is 29.7. The molecule has 6 rings (SSSR count). The van der Waals surface area contributed by atoms with Crippen molar-refractivity contribution in [1.29, 1.82) is 0 Å². The summed E-state index contributed by atoms with van der Waals surface area (Å²) < 4.78 is 0. The van der Waals surface area contributed by atoms with Crippen LogP contribution >= 0.6 is 0 Å². The highest BCUT2D eigenvalue weighted by atomic mass is 16.5. The fourth-order valence-electron chi connectivity index (χ4n) is 8.51. The van der Waals surface area contributed by atoms with Crippen LogP contribution in [0, 0.1) is 11.8 Å². The summed E-state index contributed by atoms with van der Waals surface area (Å²) >= 11 is 0. The normalized spacial score (nSPS) is 24.7. The Hall–Kier alpha value is -2.31. The van der Waals surface area contributed by atoms with E-state index in [1.165, 1.54) is 100 Å². The summed E-state index contributed by atoms with van der Waals surface area (Å²) in [5.41, 5.74) is 3.92. The topological polar surface area (TPSA) is 59.8 Å². The predicted molar refractivity (Wildman–Crippen MR) is 171 cm³/mol. The Balaban J connectivity index is 1.03. The monoisotopic (exact) mass is 569 g/mol. The Morgan fingerprint density at radius 1 is 0.857 bits per heavy atom. The van der Waals surface area contributed by atoms with Crippen LogP contribution in [0.3, 0.4) is 0 Å². The number of aromatic nitrogens is 1. The Bertz CT molecular complexity index is 1240. The van der Waals surface area contributed by atoms with E-state index < -0.39 is 6.29 Å². The highest BCUT2D eigenvalue weighted by molar-refractivity contribution is 5.78. The zero-order valence-corrected chi connectivity index (χ0v) is 25.4. The molecule has 3 fully saturated rings. The molecule has 226 valence electrons. The number of piperidine rings is 1. The summed E-state index contributed by atoms with van der Waals surface area (Å²) in [5.74, 6) is 2.01. The Labute approximate surface area is 253 Å². The van der Waals surface area contributed by atoms with Gasteiger partial charge in [-0.1, -0.05) is 74.2 Å². The van der Waals surface area contributed by atoms with Crippen molar-refractivity contribution in [3.8, 4) is 0 Å². The molecule has 1 aromatic heterocycles. The lowest BCUT2D eigenvalue weighted by Crippen LogP contribution is -2.47. The molecule has 1 aliphatic heterocycles. The van der Waals surface area contributed by atoms with Crippen molar-refractivity contribution >= 4 is 10.9 Å². The molecule has 2 heterocycles. The summed E-state index contributed by atoms with van der Waals surface area (Å²) in [4.78, 5) is 9.91. The SMILES string of the molecule is OC(O)CN(C1CCCCC1)C1C[C@H](CN2CCC(CCCc3cnc4ccccc4c3)CC2)[C@@H](c2ccccc2)C1. The van der Waals surface area contributed by atoms with Crippen molar-refractivity contribution in [2.45, 2.75) is 101 Å². The van der Waals surface area contributed by atoms with Gasteiger partial charge in [0.15, 0.2) is 6.29 Å². The average Bonchev–Trinajstić information content (AvgIpc) is 3.45. The number of hydrogen-bond donors (Lipinski definition) is 2. The number of rotatable bonds is 11. The van der Waals surface area contributed by atoms with E-state index in [1.54, 1.807) is 0 Å². The van der Waals surface area contributed by atoms with Crippen LogP contribution in [-0.4, -0.2) is 69.5 Å². The van der Waals surface area contributed by atoms with Crippen molar-refractivity contribution < 1.29 is 10.2 Å². The fourth-order valence-corrected chi connectivity index (χ4v) is 8.51. The Kier molecular flexibility index (Phi) is 10.2. The number of nitrogens with zero attached hydrogens (tertiary/aromatic N) is 3. The molecule has 2 saturated carbocycles.